The fourth-order valence-corrected chi connectivity index (χ4v) is 2.19. The summed E-state index contributed by atoms with van der Waals surface area (Å²) in [5.41, 5.74) is 7.60. The lowest BCUT2D eigenvalue weighted by molar-refractivity contribution is -0.124. The molecule has 2 amide bonds. The summed E-state index contributed by atoms with van der Waals surface area (Å²) in [5, 5.41) is 5.61. The fourth-order valence-electron chi connectivity index (χ4n) is 2.19. The summed E-state index contributed by atoms with van der Waals surface area (Å²) in [6.07, 6.45) is 1.55. The van der Waals surface area contributed by atoms with Crippen LogP contribution in [0.3, 0.4) is 0 Å². The van der Waals surface area contributed by atoms with E-state index in [2.05, 4.69) is 10.6 Å². The van der Waals surface area contributed by atoms with Crippen LogP contribution in [0.4, 0.5) is 11.4 Å². The van der Waals surface area contributed by atoms with Crippen molar-refractivity contribution in [2.24, 2.45) is 5.73 Å². The number of ether oxygens (including phenoxy) is 1. The normalized spacial score (nSPS) is 17.5. The highest BCUT2D eigenvalue weighted by Gasteiger charge is 2.23. The Labute approximate surface area is 124 Å². The largest absolute Gasteiger partial charge is 0.368 e. The van der Waals surface area contributed by atoms with Gasteiger partial charge in [-0.1, -0.05) is 6.07 Å². The summed E-state index contributed by atoms with van der Waals surface area (Å²) in [6.45, 7) is 2.83. The molecule has 1 unspecified atom stereocenters. The molecule has 1 aromatic rings. The van der Waals surface area contributed by atoms with Gasteiger partial charge >= 0.3 is 0 Å². The molecule has 1 aliphatic rings. The van der Waals surface area contributed by atoms with Gasteiger partial charge in [-0.2, -0.15) is 0 Å². The molecule has 0 aliphatic carbocycles. The molecule has 0 bridgehead atoms. The van der Waals surface area contributed by atoms with Crippen LogP contribution in [0, 0.1) is 6.92 Å². The number of rotatable bonds is 5. The van der Waals surface area contributed by atoms with Crippen LogP contribution >= 0.6 is 0 Å². The number of carbonyl (C=O) groups is 2. The van der Waals surface area contributed by atoms with Gasteiger partial charge in [0.1, 0.15) is 6.10 Å². The summed E-state index contributed by atoms with van der Waals surface area (Å²) in [7, 11) is 0. The third-order valence-corrected chi connectivity index (χ3v) is 3.37. The molecule has 6 nitrogen and oxygen atoms in total. The SMILES string of the molecule is Cc1ccc(NC(=O)C2CCCO2)cc1NC(=O)CCN. The number of carbonyl (C=O) groups excluding carboxylic acids is 2. The van der Waals surface area contributed by atoms with Crippen LogP contribution in [0.2, 0.25) is 0 Å². The zero-order chi connectivity index (χ0) is 15.2. The molecule has 0 aromatic heterocycles. The number of hydrogen-bond acceptors (Lipinski definition) is 4. The molecule has 1 fully saturated rings. The monoisotopic (exact) mass is 291 g/mol. The molecule has 2 rings (SSSR count). The van der Waals surface area contributed by atoms with Crippen LogP contribution in [0.5, 0.6) is 0 Å². The van der Waals surface area contributed by atoms with E-state index in [1.54, 1.807) is 12.1 Å². The average molecular weight is 291 g/mol. The van der Waals surface area contributed by atoms with Crippen LogP contribution in [0.25, 0.3) is 0 Å². The Hall–Kier alpha value is -1.92. The van der Waals surface area contributed by atoms with Gasteiger partial charge in [0.15, 0.2) is 0 Å². The number of nitrogens with one attached hydrogen (secondary N) is 2. The van der Waals surface area contributed by atoms with Crippen LogP contribution in [0.15, 0.2) is 18.2 Å². The quantitative estimate of drug-likeness (QED) is 0.764. The van der Waals surface area contributed by atoms with Gasteiger partial charge in [-0.05, 0) is 37.5 Å². The Morgan fingerprint density at radius 2 is 2.19 bits per heavy atom. The van der Waals surface area contributed by atoms with Gasteiger partial charge in [0.25, 0.3) is 5.91 Å². The van der Waals surface area contributed by atoms with E-state index in [9.17, 15) is 9.59 Å². The highest BCUT2D eigenvalue weighted by atomic mass is 16.5. The van der Waals surface area contributed by atoms with Crippen molar-refractivity contribution in [1.82, 2.24) is 0 Å². The number of nitrogens with two attached hydrogens (primary N) is 1. The van der Waals surface area contributed by atoms with Crippen molar-refractivity contribution in [3.63, 3.8) is 0 Å². The minimum absolute atomic E-state index is 0.136. The van der Waals surface area contributed by atoms with Crippen LogP contribution in [-0.2, 0) is 14.3 Å². The predicted octanol–water partition coefficient (Wildman–Crippen LogP) is 1.40. The van der Waals surface area contributed by atoms with Crippen molar-refractivity contribution in [3.8, 4) is 0 Å². The maximum atomic E-state index is 12.0. The summed E-state index contributed by atoms with van der Waals surface area (Å²) in [4.78, 5) is 23.6. The van der Waals surface area contributed by atoms with Crippen molar-refractivity contribution in [3.05, 3.63) is 23.8 Å². The first kappa shape index (κ1) is 15.5. The summed E-state index contributed by atoms with van der Waals surface area (Å²) in [6, 6.07) is 5.40. The Bertz CT molecular complexity index is 525. The van der Waals surface area contributed by atoms with Crippen LogP contribution in [0.1, 0.15) is 24.8 Å². The molecule has 1 aromatic carbocycles. The molecule has 21 heavy (non-hydrogen) atoms. The van der Waals surface area contributed by atoms with E-state index in [-0.39, 0.29) is 24.3 Å². The molecule has 0 spiro atoms. The first-order valence-electron chi connectivity index (χ1n) is 7.13. The fraction of sp³-hybridized carbons (Fsp3) is 0.467. The second-order valence-corrected chi connectivity index (χ2v) is 5.11. The Morgan fingerprint density at radius 3 is 2.86 bits per heavy atom. The molecule has 0 saturated carbocycles. The molecule has 114 valence electrons. The smallest absolute Gasteiger partial charge is 0.253 e. The first-order valence-corrected chi connectivity index (χ1v) is 7.13. The summed E-state index contributed by atoms with van der Waals surface area (Å²) in [5.74, 6) is -0.279. The van der Waals surface area contributed by atoms with Crippen molar-refractivity contribution in [2.75, 3.05) is 23.8 Å². The molecule has 1 saturated heterocycles. The minimum atomic E-state index is -0.374. The van der Waals surface area contributed by atoms with E-state index in [1.165, 1.54) is 0 Å². The first-order chi connectivity index (χ1) is 10.1. The van der Waals surface area contributed by atoms with Crippen LogP contribution < -0.4 is 16.4 Å². The summed E-state index contributed by atoms with van der Waals surface area (Å²) >= 11 is 0. The van der Waals surface area contributed by atoms with Crippen LogP contribution in [-0.4, -0.2) is 31.1 Å². The lowest BCUT2D eigenvalue weighted by Gasteiger charge is -2.13. The number of benzene rings is 1. The van der Waals surface area contributed by atoms with E-state index < -0.39 is 0 Å². The van der Waals surface area contributed by atoms with Crippen molar-refractivity contribution < 1.29 is 14.3 Å². The number of anilines is 2. The maximum absolute atomic E-state index is 12.0. The van der Waals surface area contributed by atoms with E-state index in [0.29, 0.717) is 24.5 Å². The third kappa shape index (κ3) is 4.27. The third-order valence-electron chi connectivity index (χ3n) is 3.37. The Kier molecular flexibility index (Phi) is 5.30. The van der Waals surface area contributed by atoms with Gasteiger partial charge in [-0.25, -0.2) is 0 Å². The Morgan fingerprint density at radius 1 is 1.38 bits per heavy atom. The molecule has 1 aliphatic heterocycles. The van der Waals surface area contributed by atoms with Gasteiger partial charge < -0.3 is 21.1 Å². The average Bonchev–Trinajstić information content (AvgIpc) is 2.97. The van der Waals surface area contributed by atoms with E-state index >= 15 is 0 Å². The molecule has 0 radical (unpaired) electrons. The second kappa shape index (κ2) is 7.19. The maximum Gasteiger partial charge on any atom is 0.253 e. The molecular formula is C15H21N3O3. The molecule has 6 heteroatoms. The van der Waals surface area contributed by atoms with Gasteiger partial charge in [0.05, 0.1) is 0 Å². The predicted molar refractivity (Wildman–Crippen MR) is 81.1 cm³/mol. The van der Waals surface area contributed by atoms with Crippen molar-refractivity contribution in [2.45, 2.75) is 32.3 Å². The zero-order valence-electron chi connectivity index (χ0n) is 12.1. The molecule has 1 heterocycles. The van der Waals surface area contributed by atoms with Crippen molar-refractivity contribution in [1.29, 1.82) is 0 Å². The Balaban J connectivity index is 2.03. The van der Waals surface area contributed by atoms with Crippen molar-refractivity contribution >= 4 is 23.2 Å². The lowest BCUT2D eigenvalue weighted by Crippen LogP contribution is -2.27. The topological polar surface area (TPSA) is 93.5 Å². The number of hydrogen-bond donors (Lipinski definition) is 3. The van der Waals surface area contributed by atoms with Gasteiger partial charge in [-0.15, -0.1) is 0 Å². The van der Waals surface area contributed by atoms with E-state index in [1.807, 2.05) is 13.0 Å². The highest BCUT2D eigenvalue weighted by Crippen LogP contribution is 2.22. The zero-order valence-corrected chi connectivity index (χ0v) is 12.1. The summed E-state index contributed by atoms with van der Waals surface area (Å²) < 4.78 is 5.34. The number of amides is 2. The van der Waals surface area contributed by atoms with Gasteiger partial charge in [0.2, 0.25) is 5.91 Å². The lowest BCUT2D eigenvalue weighted by atomic mass is 10.1. The minimum Gasteiger partial charge on any atom is -0.368 e. The van der Waals surface area contributed by atoms with E-state index in [0.717, 1.165) is 18.4 Å². The number of aryl methyl sites for hydroxylation is 1. The van der Waals surface area contributed by atoms with Gasteiger partial charge in [-0.3, -0.25) is 9.59 Å². The highest BCUT2D eigenvalue weighted by molar-refractivity contribution is 5.96. The standard InChI is InChI=1S/C15H21N3O3/c1-10-4-5-11(9-12(10)18-14(19)6-7-16)17-15(20)13-3-2-8-21-13/h4-5,9,13H,2-3,6-8,16H2,1H3,(H,17,20)(H,18,19). The van der Waals surface area contributed by atoms with Gasteiger partial charge in [0, 0.05) is 30.9 Å². The molecular weight excluding hydrogens is 270 g/mol. The second-order valence-electron chi connectivity index (χ2n) is 5.11. The van der Waals surface area contributed by atoms with E-state index in [4.69, 9.17) is 10.5 Å². The molecule has 1 atom stereocenters. The molecule has 4 N–H and O–H groups in total.